The number of benzene rings is 2. The maximum absolute atomic E-state index is 13.3. The van der Waals surface area contributed by atoms with E-state index in [1.165, 1.54) is 35.5 Å². The van der Waals surface area contributed by atoms with Gasteiger partial charge in [-0.05, 0) is 61.0 Å². The van der Waals surface area contributed by atoms with Gasteiger partial charge in [0.05, 0.1) is 41.1 Å². The van der Waals surface area contributed by atoms with Crippen molar-refractivity contribution in [1.29, 1.82) is 0 Å². The molecule has 4 rings (SSSR count). The molecule has 4 aromatic rings. The zero-order chi connectivity index (χ0) is 24.8. The van der Waals surface area contributed by atoms with Crippen molar-refractivity contribution < 1.29 is 22.7 Å². The van der Waals surface area contributed by atoms with Gasteiger partial charge in [0.15, 0.2) is 15.0 Å². The van der Waals surface area contributed by atoms with Crippen molar-refractivity contribution in [1.82, 2.24) is 9.97 Å². The Morgan fingerprint density at radius 1 is 1.09 bits per heavy atom. The molecule has 1 amide bonds. The van der Waals surface area contributed by atoms with Crippen molar-refractivity contribution in [3.8, 4) is 11.5 Å². The number of hydrogen-bond donors (Lipinski definition) is 0. The number of sulfone groups is 1. The van der Waals surface area contributed by atoms with Gasteiger partial charge >= 0.3 is 0 Å². The monoisotopic (exact) mass is 511 g/mol. The Kier molecular flexibility index (Phi) is 7.62. The summed E-state index contributed by atoms with van der Waals surface area (Å²) in [4.78, 5) is 23.8. The maximum Gasteiger partial charge on any atom is 0.230 e. The predicted molar refractivity (Wildman–Crippen MR) is 136 cm³/mol. The molecule has 0 aliphatic rings. The van der Waals surface area contributed by atoms with Gasteiger partial charge in [-0.15, -0.1) is 0 Å². The number of ether oxygens (including phenoxy) is 2. The highest BCUT2D eigenvalue weighted by atomic mass is 32.2. The van der Waals surface area contributed by atoms with Crippen LogP contribution in [-0.4, -0.2) is 43.8 Å². The van der Waals surface area contributed by atoms with Crippen LogP contribution in [0.2, 0.25) is 0 Å². The number of thiazole rings is 1. The van der Waals surface area contributed by atoms with Gasteiger partial charge in [0.25, 0.3) is 0 Å². The second-order valence-corrected chi connectivity index (χ2v) is 10.8. The van der Waals surface area contributed by atoms with Crippen molar-refractivity contribution in [2.45, 2.75) is 24.8 Å². The molecular weight excluding hydrogens is 486 g/mol. The molecule has 10 heteroatoms. The van der Waals surface area contributed by atoms with E-state index in [-0.39, 0.29) is 29.5 Å². The number of hydrogen-bond acceptors (Lipinski definition) is 8. The van der Waals surface area contributed by atoms with Gasteiger partial charge < -0.3 is 9.47 Å². The van der Waals surface area contributed by atoms with Gasteiger partial charge in [-0.25, -0.2) is 13.4 Å². The van der Waals surface area contributed by atoms with Crippen LogP contribution in [-0.2, 0) is 21.2 Å². The van der Waals surface area contributed by atoms with Crippen molar-refractivity contribution in [2.24, 2.45) is 0 Å². The zero-order valence-electron chi connectivity index (χ0n) is 19.4. The lowest BCUT2D eigenvalue weighted by Crippen LogP contribution is -2.31. The summed E-state index contributed by atoms with van der Waals surface area (Å²) >= 11 is 1.36. The smallest absolute Gasteiger partial charge is 0.230 e. The number of pyridine rings is 1. The van der Waals surface area contributed by atoms with Gasteiger partial charge in [-0.3, -0.25) is 14.7 Å². The van der Waals surface area contributed by atoms with Crippen LogP contribution in [0.5, 0.6) is 11.5 Å². The second-order valence-electron chi connectivity index (χ2n) is 7.64. The third kappa shape index (κ3) is 5.95. The van der Waals surface area contributed by atoms with Gasteiger partial charge in [-0.1, -0.05) is 17.4 Å². The SMILES string of the molecule is CCOc1ccc2nc(N(Cc3cccnc3)C(=O)CCS(=O)(=O)c3ccc(OC)cc3)sc2c1. The highest BCUT2D eigenvalue weighted by Gasteiger charge is 2.24. The zero-order valence-corrected chi connectivity index (χ0v) is 21.0. The van der Waals surface area contributed by atoms with Crippen LogP contribution in [0.3, 0.4) is 0 Å². The Morgan fingerprint density at radius 2 is 1.86 bits per heavy atom. The lowest BCUT2D eigenvalue weighted by molar-refractivity contribution is -0.118. The van der Waals surface area contributed by atoms with E-state index >= 15 is 0 Å². The highest BCUT2D eigenvalue weighted by Crippen LogP contribution is 2.33. The van der Waals surface area contributed by atoms with Crippen LogP contribution in [0.25, 0.3) is 10.2 Å². The molecule has 35 heavy (non-hydrogen) atoms. The number of aromatic nitrogens is 2. The summed E-state index contributed by atoms with van der Waals surface area (Å²) in [5.41, 5.74) is 1.55. The number of rotatable bonds is 10. The molecule has 0 bridgehead atoms. The Balaban J connectivity index is 1.58. The molecule has 0 aliphatic heterocycles. The minimum absolute atomic E-state index is 0.147. The molecule has 182 valence electrons. The number of methoxy groups -OCH3 is 1. The summed E-state index contributed by atoms with van der Waals surface area (Å²) in [5.74, 6) is 0.633. The molecule has 0 fully saturated rings. The minimum Gasteiger partial charge on any atom is -0.497 e. The fraction of sp³-hybridized carbons (Fsp3) is 0.240. The predicted octanol–water partition coefficient (Wildman–Crippen LogP) is 4.50. The van der Waals surface area contributed by atoms with Gasteiger partial charge in [0, 0.05) is 18.8 Å². The second kappa shape index (κ2) is 10.8. The minimum atomic E-state index is -3.65. The topological polar surface area (TPSA) is 98.7 Å². The van der Waals surface area contributed by atoms with Crippen LogP contribution in [0.15, 0.2) is 71.9 Å². The molecular formula is C25H25N3O5S2. The number of carbonyl (C=O) groups is 1. The number of fused-ring (bicyclic) bond motifs is 1. The van der Waals surface area contributed by atoms with E-state index in [1.807, 2.05) is 31.2 Å². The van der Waals surface area contributed by atoms with Crippen LogP contribution in [0.4, 0.5) is 5.13 Å². The number of carbonyl (C=O) groups excluding carboxylic acids is 1. The van der Waals surface area contributed by atoms with E-state index in [0.29, 0.717) is 17.5 Å². The average Bonchev–Trinajstić information content (AvgIpc) is 3.30. The third-order valence-electron chi connectivity index (χ3n) is 5.26. The Morgan fingerprint density at radius 3 is 2.54 bits per heavy atom. The summed E-state index contributed by atoms with van der Waals surface area (Å²) in [6, 6.07) is 15.4. The van der Waals surface area contributed by atoms with Crippen molar-refractivity contribution in [2.75, 3.05) is 24.4 Å². The van der Waals surface area contributed by atoms with Crippen molar-refractivity contribution in [3.05, 3.63) is 72.6 Å². The number of anilines is 1. The lowest BCUT2D eigenvalue weighted by Gasteiger charge is -2.20. The molecule has 0 saturated carbocycles. The van der Waals surface area contributed by atoms with Gasteiger partial charge in [-0.2, -0.15) is 0 Å². The Bertz CT molecular complexity index is 1400. The van der Waals surface area contributed by atoms with Crippen molar-refractivity contribution >= 4 is 42.4 Å². The first-order valence-corrected chi connectivity index (χ1v) is 13.5. The lowest BCUT2D eigenvalue weighted by atomic mass is 10.2. The van der Waals surface area contributed by atoms with Crippen LogP contribution < -0.4 is 14.4 Å². The fourth-order valence-corrected chi connectivity index (χ4v) is 5.70. The Labute approximate surface area is 208 Å². The van der Waals surface area contributed by atoms with Crippen LogP contribution in [0, 0.1) is 0 Å². The van der Waals surface area contributed by atoms with Crippen molar-refractivity contribution in [3.63, 3.8) is 0 Å². The quantitative estimate of drug-likeness (QED) is 0.309. The summed E-state index contributed by atoms with van der Waals surface area (Å²) in [5, 5.41) is 0.490. The summed E-state index contributed by atoms with van der Waals surface area (Å²) in [6.45, 7) is 2.69. The van der Waals surface area contributed by atoms with E-state index in [0.717, 1.165) is 21.5 Å². The molecule has 2 aromatic heterocycles. The largest absolute Gasteiger partial charge is 0.497 e. The molecule has 0 unspecified atom stereocenters. The Hall–Kier alpha value is -3.50. The molecule has 0 radical (unpaired) electrons. The summed E-state index contributed by atoms with van der Waals surface area (Å²) < 4.78 is 37.2. The first kappa shape index (κ1) is 24.6. The molecule has 0 aliphatic carbocycles. The maximum atomic E-state index is 13.3. The molecule has 2 aromatic carbocycles. The van der Waals surface area contributed by atoms with E-state index < -0.39 is 9.84 Å². The molecule has 2 heterocycles. The number of amides is 1. The van der Waals surface area contributed by atoms with E-state index in [9.17, 15) is 13.2 Å². The molecule has 0 saturated heterocycles. The van der Waals surface area contributed by atoms with Gasteiger partial charge in [0.1, 0.15) is 11.5 Å². The average molecular weight is 512 g/mol. The van der Waals surface area contributed by atoms with Crippen LogP contribution >= 0.6 is 11.3 Å². The summed E-state index contributed by atoms with van der Waals surface area (Å²) in [7, 11) is -2.14. The van der Waals surface area contributed by atoms with Gasteiger partial charge in [0.2, 0.25) is 5.91 Å². The molecule has 0 atom stereocenters. The van der Waals surface area contributed by atoms with E-state index in [1.54, 1.807) is 30.6 Å². The number of nitrogens with zero attached hydrogens (tertiary/aromatic N) is 3. The standard InChI is InChI=1S/C25H25N3O5S2/c1-3-33-20-8-11-22-23(15-20)34-25(27-22)28(17-18-5-4-13-26-16-18)24(29)12-14-35(30,31)21-9-6-19(32-2)7-10-21/h4-11,13,15-16H,3,12,14,17H2,1-2H3. The molecule has 0 N–H and O–H groups in total. The third-order valence-corrected chi connectivity index (χ3v) is 8.03. The normalized spacial score (nSPS) is 11.4. The molecule has 0 spiro atoms. The summed E-state index contributed by atoms with van der Waals surface area (Å²) in [6.07, 6.45) is 3.15. The highest BCUT2D eigenvalue weighted by molar-refractivity contribution is 7.91. The fourth-order valence-electron chi connectivity index (χ4n) is 3.46. The van der Waals surface area contributed by atoms with E-state index in [4.69, 9.17) is 9.47 Å². The van der Waals surface area contributed by atoms with Crippen LogP contribution in [0.1, 0.15) is 18.9 Å². The molecule has 8 nitrogen and oxygen atoms in total. The first-order valence-electron chi connectivity index (χ1n) is 11.0. The first-order chi connectivity index (χ1) is 16.9. The van der Waals surface area contributed by atoms with E-state index in [2.05, 4.69) is 9.97 Å².